The van der Waals surface area contributed by atoms with Gasteiger partial charge in [0.25, 0.3) is 5.56 Å². The Morgan fingerprint density at radius 1 is 0.880 bits per heavy atom. The normalized spacial score (nSPS) is 17.8. The molecule has 0 spiro atoms. The highest BCUT2D eigenvalue weighted by Crippen LogP contribution is 2.19. The summed E-state index contributed by atoms with van der Waals surface area (Å²) in [6, 6.07) is 11.6. The van der Waals surface area contributed by atoms with E-state index in [2.05, 4.69) is 40.8 Å². The Bertz CT molecular complexity index is 708. The molecule has 2 N–H and O–H groups in total. The lowest BCUT2D eigenvalue weighted by atomic mass is 10.1. The number of aromatic nitrogens is 1. The van der Waals surface area contributed by atoms with Gasteiger partial charge in [-0.25, -0.2) is 0 Å². The summed E-state index contributed by atoms with van der Waals surface area (Å²) in [6.07, 6.45) is 4.12. The standard InChI is InChI=1S/C20H28N4O/c1-23-12-5-10-21-15-17-7-4-8-18(16-22-11-6-13-23)20(17)24-14-3-2-9-19(24)25/h2-4,7-9,14,21-22H,5-6,10-13,15-16H2,1H3. The van der Waals surface area contributed by atoms with Crippen molar-refractivity contribution in [2.45, 2.75) is 25.9 Å². The molecule has 1 aromatic carbocycles. The Balaban J connectivity index is 1.92. The van der Waals surface area contributed by atoms with Crippen LogP contribution < -0.4 is 16.2 Å². The van der Waals surface area contributed by atoms with Gasteiger partial charge in [-0.1, -0.05) is 24.3 Å². The van der Waals surface area contributed by atoms with Crippen LogP contribution >= 0.6 is 0 Å². The maximum atomic E-state index is 12.4. The first-order chi connectivity index (χ1) is 12.3. The second kappa shape index (κ2) is 8.94. The quantitative estimate of drug-likeness (QED) is 0.830. The second-order valence-electron chi connectivity index (χ2n) is 6.70. The average molecular weight is 340 g/mol. The lowest BCUT2D eigenvalue weighted by molar-refractivity contribution is 0.319. The van der Waals surface area contributed by atoms with Gasteiger partial charge in [-0.3, -0.25) is 9.36 Å². The van der Waals surface area contributed by atoms with Crippen LogP contribution in [0.5, 0.6) is 0 Å². The molecule has 134 valence electrons. The summed E-state index contributed by atoms with van der Waals surface area (Å²) in [5.41, 5.74) is 3.36. The van der Waals surface area contributed by atoms with E-state index in [9.17, 15) is 4.79 Å². The monoisotopic (exact) mass is 340 g/mol. The van der Waals surface area contributed by atoms with E-state index in [1.54, 1.807) is 16.7 Å². The minimum Gasteiger partial charge on any atom is -0.313 e. The molecule has 0 amide bonds. The molecule has 25 heavy (non-hydrogen) atoms. The number of nitrogens with zero attached hydrogens (tertiary/aromatic N) is 2. The number of nitrogens with one attached hydrogen (secondary N) is 2. The fourth-order valence-corrected chi connectivity index (χ4v) is 3.36. The molecule has 3 rings (SSSR count). The van der Waals surface area contributed by atoms with E-state index in [0.717, 1.165) is 68.9 Å². The van der Waals surface area contributed by atoms with Crippen LogP contribution in [0.2, 0.25) is 0 Å². The molecule has 0 saturated carbocycles. The molecule has 1 aliphatic heterocycles. The highest BCUT2D eigenvalue weighted by atomic mass is 16.1. The molecule has 0 unspecified atom stereocenters. The van der Waals surface area contributed by atoms with Gasteiger partial charge in [0.15, 0.2) is 0 Å². The molecular formula is C20H28N4O. The Kier molecular flexibility index (Phi) is 6.39. The molecule has 2 bridgehead atoms. The third-order valence-corrected chi connectivity index (χ3v) is 4.68. The van der Waals surface area contributed by atoms with Crippen LogP contribution in [0.25, 0.3) is 5.69 Å². The summed E-state index contributed by atoms with van der Waals surface area (Å²) in [6.45, 7) is 5.73. The Morgan fingerprint density at radius 3 is 2.12 bits per heavy atom. The first-order valence-electron chi connectivity index (χ1n) is 9.14. The fraction of sp³-hybridized carbons (Fsp3) is 0.450. The molecule has 2 heterocycles. The second-order valence-corrected chi connectivity index (χ2v) is 6.70. The van der Waals surface area contributed by atoms with Gasteiger partial charge in [0, 0.05) is 25.4 Å². The summed E-state index contributed by atoms with van der Waals surface area (Å²) in [7, 11) is 2.19. The van der Waals surface area contributed by atoms with Crippen LogP contribution in [0.3, 0.4) is 0 Å². The zero-order valence-electron chi connectivity index (χ0n) is 15.0. The van der Waals surface area contributed by atoms with Crippen molar-refractivity contribution in [2.75, 3.05) is 33.2 Å². The summed E-state index contributed by atoms with van der Waals surface area (Å²) < 4.78 is 1.77. The SMILES string of the molecule is CN1CCCNCc2cccc(c2-n2ccccc2=O)CNCCC1. The smallest absolute Gasteiger partial charge is 0.255 e. The first kappa shape index (κ1) is 17.9. The van der Waals surface area contributed by atoms with Gasteiger partial charge >= 0.3 is 0 Å². The zero-order valence-corrected chi connectivity index (χ0v) is 15.0. The van der Waals surface area contributed by atoms with Gasteiger partial charge in [-0.05, 0) is 63.3 Å². The predicted molar refractivity (Wildman–Crippen MR) is 102 cm³/mol. The van der Waals surface area contributed by atoms with Gasteiger partial charge in [0.1, 0.15) is 0 Å². The van der Waals surface area contributed by atoms with Gasteiger partial charge in [0.2, 0.25) is 0 Å². The Morgan fingerprint density at radius 2 is 1.52 bits per heavy atom. The van der Waals surface area contributed by atoms with Crippen molar-refractivity contribution in [1.82, 2.24) is 20.1 Å². The van der Waals surface area contributed by atoms with Crippen molar-refractivity contribution in [3.63, 3.8) is 0 Å². The molecule has 5 heteroatoms. The van der Waals surface area contributed by atoms with Crippen LogP contribution in [0.15, 0.2) is 47.4 Å². The predicted octanol–water partition coefficient (Wildman–Crippen LogP) is 1.74. The van der Waals surface area contributed by atoms with E-state index in [4.69, 9.17) is 0 Å². The molecule has 0 atom stereocenters. The molecule has 0 radical (unpaired) electrons. The van der Waals surface area contributed by atoms with Crippen molar-refractivity contribution < 1.29 is 0 Å². The van der Waals surface area contributed by atoms with Crippen molar-refractivity contribution >= 4 is 0 Å². The Labute approximate surface area is 149 Å². The first-order valence-corrected chi connectivity index (χ1v) is 9.14. The maximum Gasteiger partial charge on any atom is 0.255 e. The number of hydrogen-bond acceptors (Lipinski definition) is 4. The van der Waals surface area contributed by atoms with Gasteiger partial charge in [0.05, 0.1) is 5.69 Å². The summed E-state index contributed by atoms with van der Waals surface area (Å²) in [5.74, 6) is 0. The van der Waals surface area contributed by atoms with E-state index in [0.29, 0.717) is 0 Å². The summed E-state index contributed by atoms with van der Waals surface area (Å²) in [5, 5.41) is 7.07. The number of rotatable bonds is 1. The lowest BCUT2D eigenvalue weighted by Crippen LogP contribution is -2.29. The van der Waals surface area contributed by atoms with Gasteiger partial charge < -0.3 is 15.5 Å². The van der Waals surface area contributed by atoms with Crippen molar-refractivity contribution in [3.8, 4) is 5.69 Å². The van der Waals surface area contributed by atoms with E-state index in [1.807, 2.05) is 12.3 Å². The number of para-hydroxylation sites is 1. The Hall–Kier alpha value is -1.95. The molecule has 5 nitrogen and oxygen atoms in total. The largest absolute Gasteiger partial charge is 0.313 e. The molecule has 0 saturated heterocycles. The van der Waals surface area contributed by atoms with E-state index < -0.39 is 0 Å². The number of pyridine rings is 1. The summed E-state index contributed by atoms with van der Waals surface area (Å²) >= 11 is 0. The molecular weight excluding hydrogens is 312 g/mol. The van der Waals surface area contributed by atoms with Crippen LogP contribution in [-0.2, 0) is 13.1 Å². The number of hydrogen-bond donors (Lipinski definition) is 2. The third kappa shape index (κ3) is 4.78. The molecule has 1 aromatic heterocycles. The van der Waals surface area contributed by atoms with Crippen molar-refractivity contribution in [1.29, 1.82) is 0 Å². The summed E-state index contributed by atoms with van der Waals surface area (Å²) in [4.78, 5) is 14.8. The van der Waals surface area contributed by atoms with Gasteiger partial charge in [-0.2, -0.15) is 0 Å². The fourth-order valence-electron chi connectivity index (χ4n) is 3.36. The topological polar surface area (TPSA) is 49.3 Å². The highest BCUT2D eigenvalue weighted by Gasteiger charge is 2.12. The van der Waals surface area contributed by atoms with Crippen LogP contribution in [-0.4, -0.2) is 42.7 Å². The molecule has 0 aliphatic carbocycles. The maximum absolute atomic E-state index is 12.4. The highest BCUT2D eigenvalue weighted by molar-refractivity contribution is 5.48. The average Bonchev–Trinajstić information content (AvgIpc) is 2.61. The minimum atomic E-state index is 0.0129. The zero-order chi connectivity index (χ0) is 17.5. The van der Waals surface area contributed by atoms with Crippen LogP contribution in [0, 0.1) is 0 Å². The number of benzene rings is 1. The number of fused-ring (bicyclic) bond motifs is 2. The molecule has 2 aromatic rings. The van der Waals surface area contributed by atoms with Crippen molar-refractivity contribution in [2.24, 2.45) is 0 Å². The lowest BCUT2D eigenvalue weighted by Gasteiger charge is -2.20. The molecule has 0 fully saturated rings. The minimum absolute atomic E-state index is 0.0129. The van der Waals surface area contributed by atoms with Crippen LogP contribution in [0.1, 0.15) is 24.0 Å². The van der Waals surface area contributed by atoms with E-state index >= 15 is 0 Å². The van der Waals surface area contributed by atoms with Crippen molar-refractivity contribution in [3.05, 3.63) is 64.1 Å². The molecule has 1 aliphatic rings. The van der Waals surface area contributed by atoms with E-state index in [1.165, 1.54) is 0 Å². The van der Waals surface area contributed by atoms with E-state index in [-0.39, 0.29) is 5.56 Å². The third-order valence-electron chi connectivity index (χ3n) is 4.68. The van der Waals surface area contributed by atoms with Gasteiger partial charge in [-0.15, -0.1) is 0 Å². The van der Waals surface area contributed by atoms with Crippen LogP contribution in [0.4, 0.5) is 0 Å².